The maximum atomic E-state index is 4.40. The molecule has 3 heteroatoms. The molecule has 70 valence electrons. The molecule has 0 aliphatic carbocycles. The summed E-state index contributed by atoms with van der Waals surface area (Å²) in [4.78, 5) is 6.74. The lowest BCUT2D eigenvalue weighted by Gasteiger charge is -2.18. The SMILES string of the molecule is Cc1ccnc(N2CCCC2)c1Br. The average Bonchev–Trinajstić information content (AvgIpc) is 2.62. The van der Waals surface area contributed by atoms with Gasteiger partial charge in [-0.3, -0.25) is 0 Å². The summed E-state index contributed by atoms with van der Waals surface area (Å²) in [5.41, 5.74) is 1.26. The topological polar surface area (TPSA) is 16.1 Å². The molecular weight excluding hydrogens is 228 g/mol. The molecule has 0 amide bonds. The number of nitrogens with zero attached hydrogens (tertiary/aromatic N) is 2. The molecule has 1 aliphatic rings. The fraction of sp³-hybridized carbons (Fsp3) is 0.500. The van der Waals surface area contributed by atoms with Crippen LogP contribution in [0, 0.1) is 6.92 Å². The summed E-state index contributed by atoms with van der Waals surface area (Å²) in [6.07, 6.45) is 4.47. The number of anilines is 1. The van der Waals surface area contributed by atoms with E-state index in [1.54, 1.807) is 0 Å². The number of rotatable bonds is 1. The van der Waals surface area contributed by atoms with Crippen LogP contribution < -0.4 is 4.90 Å². The Kier molecular flexibility index (Phi) is 2.54. The van der Waals surface area contributed by atoms with Crippen LogP contribution in [-0.2, 0) is 0 Å². The number of aromatic nitrogens is 1. The van der Waals surface area contributed by atoms with Crippen molar-refractivity contribution in [2.45, 2.75) is 19.8 Å². The van der Waals surface area contributed by atoms with Crippen molar-refractivity contribution < 1.29 is 0 Å². The van der Waals surface area contributed by atoms with Crippen molar-refractivity contribution in [3.63, 3.8) is 0 Å². The lowest BCUT2D eigenvalue weighted by Crippen LogP contribution is -2.19. The van der Waals surface area contributed by atoms with Crippen LogP contribution in [0.2, 0.25) is 0 Å². The van der Waals surface area contributed by atoms with Crippen molar-refractivity contribution in [1.29, 1.82) is 0 Å². The highest BCUT2D eigenvalue weighted by Crippen LogP contribution is 2.28. The molecule has 1 saturated heterocycles. The Hall–Kier alpha value is -0.570. The molecule has 13 heavy (non-hydrogen) atoms. The van der Waals surface area contributed by atoms with Gasteiger partial charge in [0.15, 0.2) is 0 Å². The number of pyridine rings is 1. The Morgan fingerprint density at radius 3 is 2.77 bits per heavy atom. The van der Waals surface area contributed by atoms with Gasteiger partial charge in [0.25, 0.3) is 0 Å². The zero-order chi connectivity index (χ0) is 9.26. The smallest absolute Gasteiger partial charge is 0.143 e. The Bertz CT molecular complexity index is 306. The van der Waals surface area contributed by atoms with Gasteiger partial charge in [-0.1, -0.05) is 0 Å². The summed E-state index contributed by atoms with van der Waals surface area (Å²) in [6, 6.07) is 2.03. The first-order valence-electron chi connectivity index (χ1n) is 4.65. The maximum absolute atomic E-state index is 4.40. The van der Waals surface area contributed by atoms with Crippen molar-refractivity contribution in [1.82, 2.24) is 4.98 Å². The third-order valence-corrected chi connectivity index (χ3v) is 3.45. The Labute approximate surface area is 87.1 Å². The molecule has 1 fully saturated rings. The minimum absolute atomic E-state index is 1.11. The molecule has 0 radical (unpaired) electrons. The summed E-state index contributed by atoms with van der Waals surface area (Å²) >= 11 is 3.59. The molecule has 0 unspecified atom stereocenters. The summed E-state index contributed by atoms with van der Waals surface area (Å²) in [6.45, 7) is 4.40. The summed E-state index contributed by atoms with van der Waals surface area (Å²) in [5, 5.41) is 0. The fourth-order valence-corrected chi connectivity index (χ4v) is 2.16. The van der Waals surface area contributed by atoms with Crippen molar-refractivity contribution in [2.75, 3.05) is 18.0 Å². The highest BCUT2D eigenvalue weighted by Gasteiger charge is 2.16. The van der Waals surface area contributed by atoms with Crippen LogP contribution in [0.5, 0.6) is 0 Å². The van der Waals surface area contributed by atoms with Crippen LogP contribution >= 0.6 is 15.9 Å². The lowest BCUT2D eigenvalue weighted by molar-refractivity contribution is 0.929. The van der Waals surface area contributed by atoms with E-state index in [-0.39, 0.29) is 0 Å². The third-order valence-electron chi connectivity index (χ3n) is 2.47. The molecule has 2 heterocycles. The van der Waals surface area contributed by atoms with Gasteiger partial charge in [0.1, 0.15) is 5.82 Å². The van der Waals surface area contributed by atoms with Crippen LogP contribution in [0.4, 0.5) is 5.82 Å². The molecule has 1 aliphatic heterocycles. The molecule has 1 aromatic heterocycles. The van der Waals surface area contributed by atoms with Gasteiger partial charge in [-0.05, 0) is 47.3 Å². The Morgan fingerprint density at radius 1 is 1.38 bits per heavy atom. The maximum Gasteiger partial charge on any atom is 0.143 e. The molecule has 1 aromatic rings. The molecule has 2 nitrogen and oxygen atoms in total. The van der Waals surface area contributed by atoms with Gasteiger partial charge in [-0.2, -0.15) is 0 Å². The monoisotopic (exact) mass is 240 g/mol. The highest BCUT2D eigenvalue weighted by molar-refractivity contribution is 9.10. The van der Waals surface area contributed by atoms with E-state index in [0.717, 1.165) is 23.4 Å². The van der Waals surface area contributed by atoms with Crippen molar-refractivity contribution >= 4 is 21.7 Å². The van der Waals surface area contributed by atoms with Crippen molar-refractivity contribution in [2.24, 2.45) is 0 Å². The highest BCUT2D eigenvalue weighted by atomic mass is 79.9. The number of hydrogen-bond donors (Lipinski definition) is 0. The summed E-state index contributed by atoms with van der Waals surface area (Å²) in [7, 11) is 0. The lowest BCUT2D eigenvalue weighted by atomic mass is 10.3. The van der Waals surface area contributed by atoms with E-state index in [2.05, 4.69) is 32.7 Å². The second kappa shape index (κ2) is 3.66. The third kappa shape index (κ3) is 1.70. The van der Waals surface area contributed by atoms with Gasteiger partial charge in [-0.25, -0.2) is 4.98 Å². The van der Waals surface area contributed by atoms with Crippen molar-refractivity contribution in [3.8, 4) is 0 Å². The van der Waals surface area contributed by atoms with E-state index in [1.165, 1.54) is 18.4 Å². The van der Waals surface area contributed by atoms with Crippen LogP contribution in [0.1, 0.15) is 18.4 Å². The van der Waals surface area contributed by atoms with Crippen LogP contribution in [0.15, 0.2) is 16.7 Å². The fourth-order valence-electron chi connectivity index (χ4n) is 1.68. The molecule has 0 aromatic carbocycles. The largest absolute Gasteiger partial charge is 0.356 e. The first-order valence-corrected chi connectivity index (χ1v) is 5.44. The average molecular weight is 241 g/mol. The summed E-state index contributed by atoms with van der Waals surface area (Å²) < 4.78 is 1.15. The molecular formula is C10H13BrN2. The van der Waals surface area contributed by atoms with Gasteiger partial charge in [0, 0.05) is 19.3 Å². The van der Waals surface area contributed by atoms with E-state index < -0.39 is 0 Å². The van der Waals surface area contributed by atoms with E-state index in [0.29, 0.717) is 0 Å². The van der Waals surface area contributed by atoms with E-state index in [1.807, 2.05) is 12.3 Å². The molecule has 2 rings (SSSR count). The van der Waals surface area contributed by atoms with Crippen LogP contribution in [-0.4, -0.2) is 18.1 Å². The van der Waals surface area contributed by atoms with E-state index in [9.17, 15) is 0 Å². The molecule has 0 spiro atoms. The normalized spacial score (nSPS) is 16.6. The van der Waals surface area contributed by atoms with E-state index in [4.69, 9.17) is 0 Å². The predicted molar refractivity (Wildman–Crippen MR) is 58.1 cm³/mol. The molecule has 0 saturated carbocycles. The molecule has 0 atom stereocenters. The van der Waals surface area contributed by atoms with Gasteiger partial charge in [0.2, 0.25) is 0 Å². The minimum Gasteiger partial charge on any atom is -0.356 e. The summed E-state index contributed by atoms with van der Waals surface area (Å²) in [5.74, 6) is 1.11. The minimum atomic E-state index is 1.11. The molecule has 0 bridgehead atoms. The Balaban J connectivity index is 2.33. The first kappa shape index (κ1) is 9.00. The second-order valence-corrected chi connectivity index (χ2v) is 4.25. The van der Waals surface area contributed by atoms with Gasteiger partial charge < -0.3 is 4.90 Å². The van der Waals surface area contributed by atoms with Gasteiger partial charge >= 0.3 is 0 Å². The van der Waals surface area contributed by atoms with Gasteiger partial charge in [-0.15, -0.1) is 0 Å². The predicted octanol–water partition coefficient (Wildman–Crippen LogP) is 2.75. The van der Waals surface area contributed by atoms with Crippen LogP contribution in [0.25, 0.3) is 0 Å². The zero-order valence-electron chi connectivity index (χ0n) is 7.76. The standard InChI is InChI=1S/C10H13BrN2/c1-8-4-5-12-10(9(8)11)13-6-2-3-7-13/h4-5H,2-3,6-7H2,1H3. The number of hydrogen-bond acceptors (Lipinski definition) is 2. The zero-order valence-corrected chi connectivity index (χ0v) is 9.34. The van der Waals surface area contributed by atoms with Crippen LogP contribution in [0.3, 0.4) is 0 Å². The first-order chi connectivity index (χ1) is 6.29. The van der Waals surface area contributed by atoms with Crippen molar-refractivity contribution in [3.05, 3.63) is 22.3 Å². The number of aryl methyl sites for hydroxylation is 1. The second-order valence-electron chi connectivity index (χ2n) is 3.46. The van der Waals surface area contributed by atoms with Gasteiger partial charge in [0.05, 0.1) is 4.47 Å². The number of halogens is 1. The Morgan fingerprint density at radius 2 is 2.08 bits per heavy atom. The van der Waals surface area contributed by atoms with E-state index >= 15 is 0 Å². The molecule has 0 N–H and O–H groups in total. The quantitative estimate of drug-likeness (QED) is 0.751.